The van der Waals surface area contributed by atoms with Crippen LogP contribution in [0.3, 0.4) is 0 Å². The highest BCUT2D eigenvalue weighted by molar-refractivity contribution is 5.81. The van der Waals surface area contributed by atoms with E-state index in [0.717, 1.165) is 24.1 Å². The molecular weight excluding hydrogens is 264 g/mol. The molecule has 1 amide bonds. The lowest BCUT2D eigenvalue weighted by Gasteiger charge is -2.15. The Balaban J connectivity index is 2.36. The normalized spacial score (nSPS) is 12.4. The minimum atomic E-state index is -0.191. The van der Waals surface area contributed by atoms with E-state index in [0.29, 0.717) is 19.1 Å². The van der Waals surface area contributed by atoms with Crippen LogP contribution in [0.25, 0.3) is 0 Å². The maximum Gasteiger partial charge on any atom is 0.236 e. The third-order valence-electron chi connectivity index (χ3n) is 3.33. The lowest BCUT2D eigenvalue weighted by Crippen LogP contribution is -2.42. The first kappa shape index (κ1) is 17.7. The molecular formula is C17H28N2O2. The van der Waals surface area contributed by atoms with E-state index in [2.05, 4.69) is 36.6 Å². The Morgan fingerprint density at radius 2 is 1.95 bits per heavy atom. The van der Waals surface area contributed by atoms with Crippen LogP contribution in [0.5, 0.6) is 0 Å². The second-order valence-electron chi connectivity index (χ2n) is 5.83. The van der Waals surface area contributed by atoms with Gasteiger partial charge in [0.2, 0.25) is 5.91 Å². The molecule has 0 aromatic heterocycles. The molecule has 1 rings (SSSR count). The summed E-state index contributed by atoms with van der Waals surface area (Å²) in [5, 5.41) is 6.21. The van der Waals surface area contributed by atoms with Gasteiger partial charge in [-0.05, 0) is 30.4 Å². The number of carbonyl (C=O) groups excluding carboxylic acids is 1. The fourth-order valence-electron chi connectivity index (χ4n) is 2.00. The van der Waals surface area contributed by atoms with E-state index in [9.17, 15) is 4.79 Å². The zero-order chi connectivity index (χ0) is 15.7. The van der Waals surface area contributed by atoms with Gasteiger partial charge in [0.15, 0.2) is 0 Å². The van der Waals surface area contributed by atoms with Gasteiger partial charge in [0.1, 0.15) is 0 Å². The van der Waals surface area contributed by atoms with Crippen molar-refractivity contribution in [1.82, 2.24) is 10.6 Å². The molecule has 1 atom stereocenters. The lowest BCUT2D eigenvalue weighted by atomic mass is 10.1. The Morgan fingerprint density at radius 1 is 1.24 bits per heavy atom. The number of ether oxygens (including phenoxy) is 1. The first-order valence-electron chi connectivity index (χ1n) is 7.60. The van der Waals surface area contributed by atoms with Gasteiger partial charge in [-0.3, -0.25) is 4.79 Å². The van der Waals surface area contributed by atoms with Crippen molar-refractivity contribution in [2.75, 3.05) is 13.7 Å². The number of methoxy groups -OCH3 is 1. The highest BCUT2D eigenvalue weighted by Crippen LogP contribution is 2.06. The van der Waals surface area contributed by atoms with Gasteiger partial charge in [0.05, 0.1) is 12.6 Å². The van der Waals surface area contributed by atoms with Crippen LogP contribution in [0.4, 0.5) is 0 Å². The van der Waals surface area contributed by atoms with Gasteiger partial charge in [-0.25, -0.2) is 0 Å². The van der Waals surface area contributed by atoms with Crippen molar-refractivity contribution >= 4 is 5.91 Å². The summed E-state index contributed by atoms with van der Waals surface area (Å²) in [7, 11) is 1.69. The van der Waals surface area contributed by atoms with Gasteiger partial charge in [-0.15, -0.1) is 0 Å². The topological polar surface area (TPSA) is 50.4 Å². The Kier molecular flexibility index (Phi) is 8.01. The van der Waals surface area contributed by atoms with Crippen molar-refractivity contribution in [2.45, 2.75) is 46.4 Å². The molecule has 1 aromatic rings. The van der Waals surface area contributed by atoms with E-state index < -0.39 is 0 Å². The molecule has 21 heavy (non-hydrogen) atoms. The number of amides is 1. The van der Waals surface area contributed by atoms with E-state index in [4.69, 9.17) is 4.74 Å². The zero-order valence-corrected chi connectivity index (χ0v) is 13.6. The van der Waals surface area contributed by atoms with Crippen molar-refractivity contribution in [3.63, 3.8) is 0 Å². The van der Waals surface area contributed by atoms with Gasteiger partial charge >= 0.3 is 0 Å². The van der Waals surface area contributed by atoms with E-state index in [1.54, 1.807) is 7.11 Å². The van der Waals surface area contributed by atoms with Crippen molar-refractivity contribution in [3.05, 3.63) is 35.4 Å². The maximum atomic E-state index is 11.9. The molecule has 4 nitrogen and oxygen atoms in total. The molecule has 2 N–H and O–H groups in total. The highest BCUT2D eigenvalue weighted by Gasteiger charge is 2.11. The van der Waals surface area contributed by atoms with Crippen LogP contribution < -0.4 is 10.6 Å². The van der Waals surface area contributed by atoms with E-state index in [1.807, 2.05) is 19.1 Å². The van der Waals surface area contributed by atoms with Gasteiger partial charge in [0, 0.05) is 20.2 Å². The van der Waals surface area contributed by atoms with Gasteiger partial charge in [-0.1, -0.05) is 38.1 Å². The van der Waals surface area contributed by atoms with Crippen LogP contribution in [0.15, 0.2) is 24.3 Å². The summed E-state index contributed by atoms with van der Waals surface area (Å²) >= 11 is 0. The van der Waals surface area contributed by atoms with Crippen LogP contribution in [-0.4, -0.2) is 25.6 Å². The molecule has 1 unspecified atom stereocenters. The monoisotopic (exact) mass is 292 g/mol. The molecule has 0 fully saturated rings. The predicted octanol–water partition coefficient (Wildman–Crippen LogP) is 2.47. The van der Waals surface area contributed by atoms with Crippen molar-refractivity contribution in [1.29, 1.82) is 0 Å². The third kappa shape index (κ3) is 7.25. The molecule has 0 aliphatic carbocycles. The fourth-order valence-corrected chi connectivity index (χ4v) is 2.00. The number of benzene rings is 1. The van der Waals surface area contributed by atoms with Gasteiger partial charge in [-0.2, -0.15) is 0 Å². The summed E-state index contributed by atoms with van der Waals surface area (Å²) < 4.78 is 5.13. The summed E-state index contributed by atoms with van der Waals surface area (Å²) in [4.78, 5) is 11.9. The van der Waals surface area contributed by atoms with Crippen molar-refractivity contribution < 1.29 is 9.53 Å². The second-order valence-corrected chi connectivity index (χ2v) is 5.83. The third-order valence-corrected chi connectivity index (χ3v) is 3.33. The maximum absolute atomic E-state index is 11.9. The molecule has 1 aromatic carbocycles. The molecule has 0 radical (unpaired) electrons. The minimum absolute atomic E-state index is 0.0590. The predicted molar refractivity (Wildman–Crippen MR) is 85.9 cm³/mol. The molecule has 0 spiro atoms. The minimum Gasteiger partial charge on any atom is -0.380 e. The number of carbonyl (C=O) groups is 1. The summed E-state index contributed by atoms with van der Waals surface area (Å²) in [5.74, 6) is 0.667. The summed E-state index contributed by atoms with van der Waals surface area (Å²) in [6.45, 7) is 8.23. The average Bonchev–Trinajstić information content (AvgIpc) is 2.45. The molecule has 0 bridgehead atoms. The Labute approximate surface area is 128 Å². The molecule has 0 aliphatic heterocycles. The zero-order valence-electron chi connectivity index (χ0n) is 13.6. The van der Waals surface area contributed by atoms with Crippen molar-refractivity contribution in [3.8, 4) is 0 Å². The summed E-state index contributed by atoms with van der Waals surface area (Å²) in [6.07, 6.45) is 1.01. The van der Waals surface area contributed by atoms with Gasteiger partial charge in [0.25, 0.3) is 0 Å². The molecule has 0 saturated carbocycles. The van der Waals surface area contributed by atoms with Crippen LogP contribution in [-0.2, 0) is 22.7 Å². The first-order valence-corrected chi connectivity index (χ1v) is 7.60. The van der Waals surface area contributed by atoms with Crippen LogP contribution >= 0.6 is 0 Å². The van der Waals surface area contributed by atoms with E-state index in [-0.39, 0.29) is 11.9 Å². The first-order chi connectivity index (χ1) is 10.0. The molecule has 0 aliphatic rings. The summed E-state index contributed by atoms with van der Waals surface area (Å²) in [6, 6.07) is 8.01. The lowest BCUT2D eigenvalue weighted by molar-refractivity contribution is -0.122. The average molecular weight is 292 g/mol. The summed E-state index contributed by atoms with van der Waals surface area (Å²) in [5.41, 5.74) is 2.30. The van der Waals surface area contributed by atoms with Crippen LogP contribution in [0.2, 0.25) is 0 Å². The number of rotatable bonds is 9. The second kappa shape index (κ2) is 9.53. The van der Waals surface area contributed by atoms with Crippen molar-refractivity contribution in [2.24, 2.45) is 5.92 Å². The molecule has 118 valence electrons. The van der Waals surface area contributed by atoms with Crippen LogP contribution in [0, 0.1) is 5.92 Å². The SMILES string of the molecule is COCc1cccc(CNC(C)C(=O)NCCC(C)C)c1. The highest BCUT2D eigenvalue weighted by atomic mass is 16.5. The Hall–Kier alpha value is -1.39. The molecule has 0 heterocycles. The Morgan fingerprint density at radius 3 is 2.62 bits per heavy atom. The standard InChI is InChI=1S/C17H28N2O2/c1-13(2)8-9-18-17(20)14(3)19-11-15-6-5-7-16(10-15)12-21-4/h5-7,10,13-14,19H,8-9,11-12H2,1-4H3,(H,18,20). The quantitative estimate of drug-likeness (QED) is 0.735. The smallest absolute Gasteiger partial charge is 0.236 e. The van der Waals surface area contributed by atoms with Gasteiger partial charge < -0.3 is 15.4 Å². The van der Waals surface area contributed by atoms with E-state index >= 15 is 0 Å². The fraction of sp³-hybridized carbons (Fsp3) is 0.588. The number of nitrogens with one attached hydrogen (secondary N) is 2. The van der Waals surface area contributed by atoms with Crippen LogP contribution in [0.1, 0.15) is 38.3 Å². The van der Waals surface area contributed by atoms with E-state index in [1.165, 1.54) is 0 Å². The molecule has 4 heteroatoms. The largest absolute Gasteiger partial charge is 0.380 e. The number of hydrogen-bond donors (Lipinski definition) is 2. The Bertz CT molecular complexity index is 433. The number of hydrogen-bond acceptors (Lipinski definition) is 3. The molecule has 0 saturated heterocycles.